The SMILES string of the molecule is Nc1ccc(-c2noc(C3CCS(=O)(=O)C3)n2)cc1. The fourth-order valence-corrected chi connectivity index (χ4v) is 3.87. The van der Waals surface area contributed by atoms with Gasteiger partial charge in [0.25, 0.3) is 0 Å². The summed E-state index contributed by atoms with van der Waals surface area (Å²) < 4.78 is 28.0. The van der Waals surface area contributed by atoms with E-state index in [1.807, 2.05) is 0 Å². The maximum atomic E-state index is 11.4. The molecule has 0 saturated carbocycles. The van der Waals surface area contributed by atoms with Crippen LogP contribution in [0.5, 0.6) is 0 Å². The summed E-state index contributed by atoms with van der Waals surface area (Å²) in [5.74, 6) is 0.959. The Morgan fingerprint density at radius 1 is 1.26 bits per heavy atom. The van der Waals surface area contributed by atoms with Crippen molar-refractivity contribution in [3.63, 3.8) is 0 Å². The average Bonchev–Trinajstić information content (AvgIpc) is 2.96. The molecule has 0 bridgehead atoms. The van der Waals surface area contributed by atoms with Crippen LogP contribution >= 0.6 is 0 Å². The van der Waals surface area contributed by atoms with Crippen molar-refractivity contribution in [3.8, 4) is 11.4 Å². The van der Waals surface area contributed by atoms with E-state index in [9.17, 15) is 8.42 Å². The minimum Gasteiger partial charge on any atom is -0.399 e. The summed E-state index contributed by atoms with van der Waals surface area (Å²) in [6.07, 6.45) is 0.547. The summed E-state index contributed by atoms with van der Waals surface area (Å²) in [6, 6.07) is 7.11. The van der Waals surface area contributed by atoms with Crippen molar-refractivity contribution in [2.24, 2.45) is 0 Å². The van der Waals surface area contributed by atoms with Gasteiger partial charge in [0, 0.05) is 11.3 Å². The number of anilines is 1. The van der Waals surface area contributed by atoms with Crippen LogP contribution < -0.4 is 5.73 Å². The Hall–Kier alpha value is -1.89. The van der Waals surface area contributed by atoms with Crippen molar-refractivity contribution >= 4 is 15.5 Å². The lowest BCUT2D eigenvalue weighted by Crippen LogP contribution is -2.03. The van der Waals surface area contributed by atoms with Crippen molar-refractivity contribution in [1.29, 1.82) is 0 Å². The number of nitrogens with two attached hydrogens (primary N) is 1. The third-order valence-electron chi connectivity index (χ3n) is 3.19. The van der Waals surface area contributed by atoms with Gasteiger partial charge in [-0.05, 0) is 30.7 Å². The first-order valence-corrected chi connectivity index (χ1v) is 7.75. The minimum atomic E-state index is -2.95. The summed E-state index contributed by atoms with van der Waals surface area (Å²) in [7, 11) is -2.95. The summed E-state index contributed by atoms with van der Waals surface area (Å²) >= 11 is 0. The van der Waals surface area contributed by atoms with Gasteiger partial charge < -0.3 is 10.3 Å². The standard InChI is InChI=1S/C12H13N3O3S/c13-10-3-1-8(2-4-10)11-14-12(18-15-11)9-5-6-19(16,17)7-9/h1-4,9H,5-7,13H2. The molecule has 100 valence electrons. The molecule has 1 aromatic heterocycles. The van der Waals surface area contributed by atoms with Gasteiger partial charge in [0.05, 0.1) is 17.4 Å². The van der Waals surface area contributed by atoms with Crippen LogP contribution in [0.1, 0.15) is 18.2 Å². The molecule has 2 N–H and O–H groups in total. The molecule has 1 saturated heterocycles. The first kappa shape index (κ1) is 12.2. The summed E-state index contributed by atoms with van der Waals surface area (Å²) in [5, 5.41) is 3.89. The fraction of sp³-hybridized carbons (Fsp3) is 0.333. The highest BCUT2D eigenvalue weighted by atomic mass is 32.2. The first-order valence-electron chi connectivity index (χ1n) is 5.93. The molecule has 0 spiro atoms. The van der Waals surface area contributed by atoms with Gasteiger partial charge in [0.1, 0.15) is 0 Å². The molecular weight excluding hydrogens is 266 g/mol. The number of benzene rings is 1. The van der Waals surface area contributed by atoms with Crippen molar-refractivity contribution in [2.75, 3.05) is 17.2 Å². The zero-order chi connectivity index (χ0) is 13.5. The van der Waals surface area contributed by atoms with Crippen LogP contribution in [0.3, 0.4) is 0 Å². The maximum Gasteiger partial charge on any atom is 0.231 e. The number of rotatable bonds is 2. The molecule has 1 fully saturated rings. The van der Waals surface area contributed by atoms with Gasteiger partial charge in [-0.3, -0.25) is 0 Å². The van der Waals surface area contributed by atoms with Gasteiger partial charge in [-0.15, -0.1) is 0 Å². The highest BCUT2D eigenvalue weighted by Crippen LogP contribution is 2.29. The molecule has 1 unspecified atom stereocenters. The Balaban J connectivity index is 1.86. The third-order valence-corrected chi connectivity index (χ3v) is 4.96. The van der Waals surface area contributed by atoms with E-state index in [-0.39, 0.29) is 17.4 Å². The second-order valence-electron chi connectivity index (χ2n) is 4.68. The third kappa shape index (κ3) is 2.46. The Morgan fingerprint density at radius 2 is 2.00 bits per heavy atom. The molecule has 2 aromatic rings. The lowest BCUT2D eigenvalue weighted by atomic mass is 10.1. The zero-order valence-electron chi connectivity index (χ0n) is 10.1. The topological polar surface area (TPSA) is 99.1 Å². The van der Waals surface area contributed by atoms with Crippen molar-refractivity contribution < 1.29 is 12.9 Å². The molecular formula is C12H13N3O3S. The highest BCUT2D eigenvalue weighted by Gasteiger charge is 2.32. The van der Waals surface area contributed by atoms with E-state index in [0.717, 1.165) is 5.56 Å². The maximum absolute atomic E-state index is 11.4. The van der Waals surface area contributed by atoms with E-state index >= 15 is 0 Å². The Morgan fingerprint density at radius 3 is 2.63 bits per heavy atom. The Bertz CT molecular complexity index is 691. The van der Waals surface area contributed by atoms with Gasteiger partial charge in [0.15, 0.2) is 9.84 Å². The van der Waals surface area contributed by atoms with Crippen LogP contribution in [-0.2, 0) is 9.84 Å². The van der Waals surface area contributed by atoms with Gasteiger partial charge in [-0.25, -0.2) is 8.42 Å². The van der Waals surface area contributed by atoms with Crippen LogP contribution in [0, 0.1) is 0 Å². The smallest absolute Gasteiger partial charge is 0.231 e. The minimum absolute atomic E-state index is 0.0936. The summed E-state index contributed by atoms with van der Waals surface area (Å²) in [4.78, 5) is 4.27. The van der Waals surface area contributed by atoms with Crippen molar-refractivity contribution in [2.45, 2.75) is 12.3 Å². The molecule has 3 rings (SSSR count). The molecule has 0 radical (unpaired) electrons. The van der Waals surface area contributed by atoms with Crippen molar-refractivity contribution in [3.05, 3.63) is 30.2 Å². The molecule has 7 heteroatoms. The van der Waals surface area contributed by atoms with Crippen LogP contribution in [0.4, 0.5) is 5.69 Å². The zero-order valence-corrected chi connectivity index (χ0v) is 10.9. The van der Waals surface area contributed by atoms with Crippen LogP contribution in [0.25, 0.3) is 11.4 Å². The number of aromatic nitrogens is 2. The lowest BCUT2D eigenvalue weighted by Gasteiger charge is -1.98. The van der Waals surface area contributed by atoms with Crippen molar-refractivity contribution in [1.82, 2.24) is 10.1 Å². The normalized spacial score (nSPS) is 21.6. The van der Waals surface area contributed by atoms with E-state index in [2.05, 4.69) is 10.1 Å². The predicted octanol–water partition coefficient (Wildman–Crippen LogP) is 1.22. The second kappa shape index (κ2) is 4.34. The van der Waals surface area contributed by atoms with Gasteiger partial charge in [-0.2, -0.15) is 4.98 Å². The van der Waals surface area contributed by atoms with E-state index in [1.54, 1.807) is 24.3 Å². The number of nitrogens with zero attached hydrogens (tertiary/aromatic N) is 2. The first-order chi connectivity index (χ1) is 9.03. The molecule has 0 amide bonds. The number of hydrogen-bond donors (Lipinski definition) is 1. The Kier molecular flexibility index (Phi) is 2.78. The number of sulfone groups is 1. The van der Waals surface area contributed by atoms with Crippen LogP contribution in [0.15, 0.2) is 28.8 Å². The molecule has 1 aliphatic rings. The van der Waals surface area contributed by atoms with Crippen LogP contribution in [0.2, 0.25) is 0 Å². The largest absolute Gasteiger partial charge is 0.399 e. The van der Waals surface area contributed by atoms with E-state index in [0.29, 0.717) is 23.8 Å². The summed E-state index contributed by atoms with van der Waals surface area (Å²) in [6.45, 7) is 0. The second-order valence-corrected chi connectivity index (χ2v) is 6.91. The number of nitrogen functional groups attached to an aromatic ring is 1. The van der Waals surface area contributed by atoms with Gasteiger partial charge >= 0.3 is 0 Å². The lowest BCUT2D eigenvalue weighted by molar-refractivity contribution is 0.361. The quantitative estimate of drug-likeness (QED) is 0.830. The molecule has 1 atom stereocenters. The number of hydrogen-bond acceptors (Lipinski definition) is 6. The average molecular weight is 279 g/mol. The molecule has 0 aliphatic carbocycles. The van der Waals surface area contributed by atoms with E-state index in [1.165, 1.54) is 0 Å². The van der Waals surface area contributed by atoms with E-state index < -0.39 is 9.84 Å². The van der Waals surface area contributed by atoms with Gasteiger partial charge in [0.2, 0.25) is 11.7 Å². The highest BCUT2D eigenvalue weighted by molar-refractivity contribution is 7.91. The Labute approximate surface area is 110 Å². The monoisotopic (exact) mass is 279 g/mol. The predicted molar refractivity (Wildman–Crippen MR) is 70.2 cm³/mol. The van der Waals surface area contributed by atoms with Crippen LogP contribution in [-0.4, -0.2) is 30.1 Å². The molecule has 1 aliphatic heterocycles. The molecule has 6 nitrogen and oxygen atoms in total. The molecule has 1 aromatic carbocycles. The van der Waals surface area contributed by atoms with Gasteiger partial charge in [-0.1, -0.05) is 5.16 Å². The fourth-order valence-electron chi connectivity index (χ4n) is 2.14. The summed E-state index contributed by atoms with van der Waals surface area (Å²) in [5.41, 5.74) is 7.07. The molecule has 2 heterocycles. The molecule has 19 heavy (non-hydrogen) atoms. The van der Waals surface area contributed by atoms with E-state index in [4.69, 9.17) is 10.3 Å².